The molecule has 2 unspecified atom stereocenters. The molecule has 0 spiro atoms. The van der Waals surface area contributed by atoms with Crippen molar-refractivity contribution in [1.29, 1.82) is 0 Å². The molecule has 2 N–H and O–H groups in total. The van der Waals surface area contributed by atoms with Crippen molar-refractivity contribution in [3.63, 3.8) is 0 Å². The Labute approximate surface area is 120 Å². The maximum Gasteiger partial charge on any atom is 0.408 e. The number of carbonyl (C=O) groups is 2. The Morgan fingerprint density at radius 1 is 1.19 bits per heavy atom. The monoisotopic (exact) mass is 308 g/mol. The number of carbonyl (C=O) groups excluding carboxylic acids is 1. The van der Waals surface area contributed by atoms with Crippen LogP contribution < -0.4 is 5.32 Å². The van der Waals surface area contributed by atoms with E-state index in [2.05, 4.69) is 5.32 Å². The van der Waals surface area contributed by atoms with E-state index in [0.717, 1.165) is 17.7 Å². The number of halogens is 3. The van der Waals surface area contributed by atoms with E-state index in [1.54, 1.807) is 0 Å². The van der Waals surface area contributed by atoms with Crippen LogP contribution >= 0.6 is 0 Å². The number of rotatable bonds is 3. The van der Waals surface area contributed by atoms with Gasteiger partial charge in [0.05, 0.1) is 5.92 Å². The molecule has 2 amide bonds. The van der Waals surface area contributed by atoms with Gasteiger partial charge in [0.1, 0.15) is 6.04 Å². The summed E-state index contributed by atoms with van der Waals surface area (Å²) in [5.41, 5.74) is 0. The fraction of sp³-hybridized carbons (Fsp3) is 0.846. The van der Waals surface area contributed by atoms with Crippen molar-refractivity contribution in [1.82, 2.24) is 10.2 Å². The van der Waals surface area contributed by atoms with Crippen LogP contribution in [0.1, 0.15) is 32.1 Å². The highest BCUT2D eigenvalue weighted by atomic mass is 19.4. The molecule has 1 heterocycles. The minimum atomic E-state index is -4.48. The first-order valence-corrected chi connectivity index (χ1v) is 7.14. The molecule has 1 aliphatic heterocycles. The van der Waals surface area contributed by atoms with E-state index in [9.17, 15) is 22.8 Å². The van der Waals surface area contributed by atoms with Crippen molar-refractivity contribution in [3.05, 3.63) is 0 Å². The number of nitrogens with zero attached hydrogens (tertiary/aromatic N) is 1. The van der Waals surface area contributed by atoms with Crippen LogP contribution in [0, 0.1) is 11.8 Å². The normalized spacial score (nSPS) is 25.1. The molecule has 0 bridgehead atoms. The molecule has 1 saturated heterocycles. The minimum absolute atomic E-state index is 0.0313. The Balaban J connectivity index is 1.97. The first-order chi connectivity index (χ1) is 9.79. The molecular weight excluding hydrogens is 289 g/mol. The van der Waals surface area contributed by atoms with Crippen LogP contribution in [0.25, 0.3) is 0 Å². The molecule has 0 radical (unpaired) electrons. The van der Waals surface area contributed by atoms with Crippen molar-refractivity contribution >= 4 is 12.0 Å². The van der Waals surface area contributed by atoms with Crippen LogP contribution in [0.15, 0.2) is 0 Å². The second kappa shape index (κ2) is 6.11. The number of urea groups is 1. The molecule has 21 heavy (non-hydrogen) atoms. The lowest BCUT2D eigenvalue weighted by Gasteiger charge is -2.29. The van der Waals surface area contributed by atoms with Crippen LogP contribution in [0.3, 0.4) is 0 Å². The maximum absolute atomic E-state index is 13.1. The summed E-state index contributed by atoms with van der Waals surface area (Å²) in [4.78, 5) is 23.9. The topological polar surface area (TPSA) is 69.6 Å². The zero-order valence-electron chi connectivity index (χ0n) is 11.5. The Bertz CT molecular complexity index is 408. The van der Waals surface area contributed by atoms with E-state index in [1.807, 2.05) is 0 Å². The summed E-state index contributed by atoms with van der Waals surface area (Å²) in [5.74, 6) is -2.29. The molecule has 5 nitrogen and oxygen atoms in total. The molecule has 1 aliphatic carbocycles. The number of nitrogens with one attached hydrogen (secondary N) is 1. The van der Waals surface area contributed by atoms with Gasteiger partial charge in [-0.2, -0.15) is 13.2 Å². The average Bonchev–Trinajstić information content (AvgIpc) is 3.05. The fourth-order valence-corrected chi connectivity index (χ4v) is 3.13. The largest absolute Gasteiger partial charge is 0.481 e. The van der Waals surface area contributed by atoms with Gasteiger partial charge in [-0.3, -0.25) is 4.79 Å². The second-order valence-corrected chi connectivity index (χ2v) is 5.78. The summed E-state index contributed by atoms with van der Waals surface area (Å²) in [5, 5.41) is 10.9. The van der Waals surface area contributed by atoms with Gasteiger partial charge in [-0.15, -0.1) is 0 Å². The number of likely N-dealkylation sites (tertiary alicyclic amines) is 1. The lowest BCUT2D eigenvalue weighted by atomic mass is 9.98. The van der Waals surface area contributed by atoms with E-state index in [4.69, 9.17) is 5.11 Å². The smallest absolute Gasteiger partial charge is 0.408 e. The number of hydrogen-bond acceptors (Lipinski definition) is 2. The van der Waals surface area contributed by atoms with Gasteiger partial charge in [-0.1, -0.05) is 12.8 Å². The standard InChI is InChI=1S/C13H19F3N2O3/c14-13(15,16)10(8-3-1-2-4-8)17-12(21)18-6-5-9(7-18)11(19)20/h8-10H,1-7H2,(H,17,21)(H,19,20). The van der Waals surface area contributed by atoms with Gasteiger partial charge in [0.15, 0.2) is 0 Å². The zero-order chi connectivity index (χ0) is 15.6. The molecule has 120 valence electrons. The number of aliphatic carboxylic acids is 1. The number of carboxylic acids is 1. The molecule has 1 saturated carbocycles. The molecule has 2 aliphatic rings. The summed E-state index contributed by atoms with van der Waals surface area (Å²) in [6.07, 6.45) is -1.78. The second-order valence-electron chi connectivity index (χ2n) is 5.78. The van der Waals surface area contributed by atoms with Crippen molar-refractivity contribution in [2.75, 3.05) is 13.1 Å². The lowest BCUT2D eigenvalue weighted by Crippen LogP contribution is -2.53. The molecule has 0 aromatic rings. The number of alkyl halides is 3. The highest BCUT2D eigenvalue weighted by Crippen LogP contribution is 2.35. The molecular formula is C13H19F3N2O3. The summed E-state index contributed by atoms with van der Waals surface area (Å²) in [7, 11) is 0. The molecule has 2 rings (SSSR count). The fourth-order valence-electron chi connectivity index (χ4n) is 3.13. The van der Waals surface area contributed by atoms with Gasteiger partial charge < -0.3 is 15.3 Å². The molecule has 2 atom stereocenters. The Morgan fingerprint density at radius 3 is 2.29 bits per heavy atom. The van der Waals surface area contributed by atoms with Crippen LogP contribution in [0.5, 0.6) is 0 Å². The van der Waals surface area contributed by atoms with Crippen LogP contribution in [0.4, 0.5) is 18.0 Å². The van der Waals surface area contributed by atoms with Gasteiger partial charge >= 0.3 is 18.2 Å². The lowest BCUT2D eigenvalue weighted by molar-refractivity contribution is -0.165. The Morgan fingerprint density at radius 2 is 1.81 bits per heavy atom. The SMILES string of the molecule is O=C(O)C1CCN(C(=O)NC(C2CCCC2)C(F)(F)F)C1. The van der Waals surface area contributed by atoms with Gasteiger partial charge in [0.2, 0.25) is 0 Å². The minimum Gasteiger partial charge on any atom is -0.481 e. The Kier molecular flexibility index (Phi) is 4.63. The van der Waals surface area contributed by atoms with E-state index in [-0.39, 0.29) is 19.5 Å². The summed E-state index contributed by atoms with van der Waals surface area (Å²) in [6, 6.07) is -2.65. The first-order valence-electron chi connectivity index (χ1n) is 7.14. The molecule has 8 heteroatoms. The number of hydrogen-bond donors (Lipinski definition) is 2. The number of amides is 2. The highest BCUT2D eigenvalue weighted by molar-refractivity contribution is 5.77. The highest BCUT2D eigenvalue weighted by Gasteiger charge is 2.47. The van der Waals surface area contributed by atoms with Gasteiger partial charge in [-0.25, -0.2) is 4.79 Å². The van der Waals surface area contributed by atoms with Gasteiger partial charge in [0.25, 0.3) is 0 Å². The first kappa shape index (κ1) is 15.9. The summed E-state index contributed by atoms with van der Waals surface area (Å²) in [6.45, 7) is 0.147. The van der Waals surface area contributed by atoms with Crippen molar-refractivity contribution in [2.24, 2.45) is 11.8 Å². The van der Waals surface area contributed by atoms with E-state index in [0.29, 0.717) is 12.8 Å². The summed E-state index contributed by atoms with van der Waals surface area (Å²) < 4.78 is 39.3. The van der Waals surface area contributed by atoms with Crippen LogP contribution in [-0.4, -0.2) is 47.3 Å². The van der Waals surface area contributed by atoms with Gasteiger partial charge in [-0.05, 0) is 25.2 Å². The quantitative estimate of drug-likeness (QED) is 0.840. The maximum atomic E-state index is 13.1. The van der Waals surface area contributed by atoms with Crippen molar-refractivity contribution in [3.8, 4) is 0 Å². The Hall–Kier alpha value is -1.47. The van der Waals surface area contributed by atoms with Crippen LogP contribution in [0.2, 0.25) is 0 Å². The van der Waals surface area contributed by atoms with E-state index < -0.39 is 36.1 Å². The summed E-state index contributed by atoms with van der Waals surface area (Å²) >= 11 is 0. The predicted octanol–water partition coefficient (Wildman–Crippen LogP) is 2.22. The number of carboxylic acid groups (broad SMARTS) is 1. The third kappa shape index (κ3) is 3.79. The third-order valence-corrected chi connectivity index (χ3v) is 4.33. The van der Waals surface area contributed by atoms with Crippen molar-refractivity contribution < 1.29 is 27.9 Å². The molecule has 0 aromatic carbocycles. The van der Waals surface area contributed by atoms with Crippen molar-refractivity contribution in [2.45, 2.75) is 44.3 Å². The van der Waals surface area contributed by atoms with E-state index >= 15 is 0 Å². The zero-order valence-corrected chi connectivity index (χ0v) is 11.5. The molecule has 2 fully saturated rings. The molecule has 0 aromatic heterocycles. The average molecular weight is 308 g/mol. The van der Waals surface area contributed by atoms with Gasteiger partial charge in [0, 0.05) is 13.1 Å². The predicted molar refractivity (Wildman–Crippen MR) is 67.6 cm³/mol. The van der Waals surface area contributed by atoms with Crippen LogP contribution in [-0.2, 0) is 4.79 Å². The van der Waals surface area contributed by atoms with E-state index in [1.165, 1.54) is 0 Å². The third-order valence-electron chi connectivity index (χ3n) is 4.33.